The third-order valence-electron chi connectivity index (χ3n) is 2.22. The normalized spacial score (nSPS) is 10.1. The molecular weight excluding hydrogens is 257 g/mol. The van der Waals surface area contributed by atoms with Crippen molar-refractivity contribution >= 4 is 17.4 Å². The quantitative estimate of drug-likeness (QED) is 0.854. The lowest BCUT2D eigenvalue weighted by molar-refractivity contribution is 0.262. The van der Waals surface area contributed by atoms with Crippen molar-refractivity contribution in [3.8, 4) is 0 Å². The zero-order chi connectivity index (χ0) is 13.8. The number of nitrogens with one attached hydrogen (secondary N) is 2. The van der Waals surface area contributed by atoms with E-state index < -0.39 is 23.5 Å². The van der Waals surface area contributed by atoms with Crippen LogP contribution in [0.25, 0.3) is 0 Å². The number of rotatable bonds is 2. The molecule has 0 saturated heterocycles. The van der Waals surface area contributed by atoms with Crippen molar-refractivity contribution in [3.63, 3.8) is 0 Å². The van der Waals surface area contributed by atoms with E-state index in [1.807, 2.05) is 0 Å². The minimum absolute atomic E-state index is 0.0166. The summed E-state index contributed by atoms with van der Waals surface area (Å²) in [5.74, 6) is -2.02. The van der Waals surface area contributed by atoms with Gasteiger partial charge in [0.15, 0.2) is 0 Å². The Kier molecular flexibility index (Phi) is 3.70. The van der Waals surface area contributed by atoms with E-state index in [4.69, 9.17) is 0 Å². The molecule has 0 aliphatic carbocycles. The van der Waals surface area contributed by atoms with Gasteiger partial charge in [0, 0.05) is 17.4 Å². The Bertz CT molecular complexity index is 579. The van der Waals surface area contributed by atoms with Gasteiger partial charge in [0.2, 0.25) is 0 Å². The summed E-state index contributed by atoms with van der Waals surface area (Å²) in [7, 11) is 0. The summed E-state index contributed by atoms with van der Waals surface area (Å²) in [5.41, 5.74) is 0.341. The SMILES string of the molecule is O=C(Nc1ccc(F)cc1)Nc1cc(F)cc(F)c1. The van der Waals surface area contributed by atoms with E-state index in [0.717, 1.165) is 12.1 Å². The van der Waals surface area contributed by atoms with Gasteiger partial charge in [-0.25, -0.2) is 18.0 Å². The number of anilines is 2. The standard InChI is InChI=1S/C13H9F3N2O/c14-8-1-3-11(4-2-8)17-13(19)18-12-6-9(15)5-10(16)7-12/h1-7H,(H2,17,18,19). The molecule has 0 aromatic heterocycles. The third kappa shape index (κ3) is 3.74. The molecule has 0 saturated carbocycles. The average molecular weight is 266 g/mol. The van der Waals surface area contributed by atoms with Gasteiger partial charge in [-0.05, 0) is 36.4 Å². The average Bonchev–Trinajstić information content (AvgIpc) is 2.30. The van der Waals surface area contributed by atoms with Gasteiger partial charge in [0.25, 0.3) is 0 Å². The number of hydrogen-bond acceptors (Lipinski definition) is 1. The van der Waals surface area contributed by atoms with Crippen LogP contribution >= 0.6 is 0 Å². The monoisotopic (exact) mass is 266 g/mol. The maximum Gasteiger partial charge on any atom is 0.323 e. The maximum absolute atomic E-state index is 12.9. The maximum atomic E-state index is 12.9. The zero-order valence-corrected chi connectivity index (χ0v) is 9.58. The van der Waals surface area contributed by atoms with E-state index in [1.54, 1.807) is 0 Å². The minimum atomic E-state index is -0.794. The lowest BCUT2D eigenvalue weighted by Crippen LogP contribution is -2.19. The fourth-order valence-electron chi connectivity index (χ4n) is 1.45. The van der Waals surface area contributed by atoms with Gasteiger partial charge >= 0.3 is 6.03 Å². The van der Waals surface area contributed by atoms with Crippen LogP contribution < -0.4 is 10.6 Å². The van der Waals surface area contributed by atoms with Crippen LogP contribution in [0.4, 0.5) is 29.3 Å². The van der Waals surface area contributed by atoms with Crippen LogP contribution in [0.2, 0.25) is 0 Å². The fraction of sp³-hybridized carbons (Fsp3) is 0. The molecule has 0 spiro atoms. The van der Waals surface area contributed by atoms with Crippen LogP contribution in [0.15, 0.2) is 42.5 Å². The topological polar surface area (TPSA) is 41.1 Å². The predicted octanol–water partition coefficient (Wildman–Crippen LogP) is 3.75. The Hall–Kier alpha value is -2.50. The first-order valence-corrected chi connectivity index (χ1v) is 5.32. The number of halogens is 3. The molecule has 2 aromatic carbocycles. The first-order chi connectivity index (χ1) is 9.02. The molecule has 3 nitrogen and oxygen atoms in total. The highest BCUT2D eigenvalue weighted by atomic mass is 19.1. The van der Waals surface area contributed by atoms with Gasteiger partial charge in [-0.2, -0.15) is 0 Å². The third-order valence-corrected chi connectivity index (χ3v) is 2.22. The highest BCUT2D eigenvalue weighted by Crippen LogP contribution is 2.14. The predicted molar refractivity (Wildman–Crippen MR) is 65.4 cm³/mol. The van der Waals surface area contributed by atoms with E-state index in [-0.39, 0.29) is 5.69 Å². The zero-order valence-electron chi connectivity index (χ0n) is 9.58. The molecule has 6 heteroatoms. The number of hydrogen-bond donors (Lipinski definition) is 2. The lowest BCUT2D eigenvalue weighted by atomic mass is 10.3. The largest absolute Gasteiger partial charge is 0.323 e. The second kappa shape index (κ2) is 5.43. The van der Waals surface area contributed by atoms with Gasteiger partial charge in [0.05, 0.1) is 0 Å². The van der Waals surface area contributed by atoms with Crippen LogP contribution in [0, 0.1) is 17.5 Å². The lowest BCUT2D eigenvalue weighted by Gasteiger charge is -2.07. The molecule has 0 aliphatic rings. The Labute approximate surface area is 107 Å². The van der Waals surface area contributed by atoms with E-state index in [2.05, 4.69) is 10.6 Å². The highest BCUT2D eigenvalue weighted by molar-refractivity contribution is 5.99. The van der Waals surface area contributed by atoms with E-state index in [9.17, 15) is 18.0 Å². The van der Waals surface area contributed by atoms with Crippen molar-refractivity contribution < 1.29 is 18.0 Å². The van der Waals surface area contributed by atoms with E-state index in [0.29, 0.717) is 11.8 Å². The number of carbonyl (C=O) groups is 1. The summed E-state index contributed by atoms with van der Waals surface area (Å²) in [5, 5.41) is 4.66. The smallest absolute Gasteiger partial charge is 0.308 e. The van der Waals surface area contributed by atoms with Gasteiger partial charge in [0.1, 0.15) is 17.5 Å². The van der Waals surface area contributed by atoms with Gasteiger partial charge in [-0.3, -0.25) is 0 Å². The molecule has 0 unspecified atom stereocenters. The Morgan fingerprint density at radius 1 is 0.737 bits per heavy atom. The molecule has 0 aliphatic heterocycles. The summed E-state index contributed by atoms with van der Waals surface area (Å²) in [6.07, 6.45) is 0. The van der Waals surface area contributed by atoms with Crippen LogP contribution in [0.1, 0.15) is 0 Å². The van der Waals surface area contributed by atoms with Gasteiger partial charge < -0.3 is 10.6 Å². The van der Waals surface area contributed by atoms with Gasteiger partial charge in [-0.1, -0.05) is 0 Å². The molecule has 2 aromatic rings. The minimum Gasteiger partial charge on any atom is -0.308 e. The molecule has 2 N–H and O–H groups in total. The molecular formula is C13H9F3N2O. The summed E-state index contributed by atoms with van der Waals surface area (Å²) in [6.45, 7) is 0. The first-order valence-electron chi connectivity index (χ1n) is 5.32. The van der Waals surface area contributed by atoms with E-state index in [1.165, 1.54) is 24.3 Å². The summed E-state index contributed by atoms with van der Waals surface area (Å²) in [6, 6.07) is 7.05. The van der Waals surface area contributed by atoms with Crippen molar-refractivity contribution in [2.75, 3.05) is 10.6 Å². The fourth-order valence-corrected chi connectivity index (χ4v) is 1.45. The Morgan fingerprint density at radius 2 is 1.26 bits per heavy atom. The van der Waals surface area contributed by atoms with Crippen molar-refractivity contribution in [1.82, 2.24) is 0 Å². The number of urea groups is 1. The van der Waals surface area contributed by atoms with Crippen LogP contribution in [0.3, 0.4) is 0 Å². The van der Waals surface area contributed by atoms with Crippen molar-refractivity contribution in [3.05, 3.63) is 59.9 Å². The molecule has 2 amide bonds. The van der Waals surface area contributed by atoms with Crippen LogP contribution in [-0.4, -0.2) is 6.03 Å². The number of carbonyl (C=O) groups excluding carboxylic acids is 1. The number of benzene rings is 2. The molecule has 0 fully saturated rings. The summed E-state index contributed by atoms with van der Waals surface area (Å²) >= 11 is 0. The highest BCUT2D eigenvalue weighted by Gasteiger charge is 2.05. The first kappa shape index (κ1) is 12.9. The van der Waals surface area contributed by atoms with Crippen molar-refractivity contribution in [2.45, 2.75) is 0 Å². The van der Waals surface area contributed by atoms with Crippen LogP contribution in [0.5, 0.6) is 0 Å². The molecule has 0 bridgehead atoms. The molecule has 2 rings (SSSR count). The summed E-state index contributed by atoms with van der Waals surface area (Å²) in [4.78, 5) is 11.5. The second-order valence-corrected chi connectivity index (χ2v) is 3.74. The van der Waals surface area contributed by atoms with Crippen molar-refractivity contribution in [2.24, 2.45) is 0 Å². The second-order valence-electron chi connectivity index (χ2n) is 3.74. The van der Waals surface area contributed by atoms with Crippen molar-refractivity contribution in [1.29, 1.82) is 0 Å². The molecule has 0 radical (unpaired) electrons. The summed E-state index contributed by atoms with van der Waals surface area (Å²) < 4.78 is 38.4. The molecule has 98 valence electrons. The Balaban J connectivity index is 2.03. The molecule has 0 heterocycles. The van der Waals surface area contributed by atoms with Crippen LogP contribution in [-0.2, 0) is 0 Å². The Morgan fingerprint density at radius 3 is 1.84 bits per heavy atom. The van der Waals surface area contributed by atoms with Gasteiger partial charge in [-0.15, -0.1) is 0 Å². The number of amides is 2. The molecule has 0 atom stereocenters. The van der Waals surface area contributed by atoms with E-state index >= 15 is 0 Å². The molecule has 19 heavy (non-hydrogen) atoms.